The van der Waals surface area contributed by atoms with Crippen LogP contribution in [0.1, 0.15) is 34.6 Å². The van der Waals surface area contributed by atoms with Crippen LogP contribution in [-0.2, 0) is 9.53 Å². The maximum Gasteiger partial charge on any atom is 0.410 e. The molecule has 0 radical (unpaired) electrons. The highest BCUT2D eigenvalue weighted by molar-refractivity contribution is 5.68. The van der Waals surface area contributed by atoms with Gasteiger partial charge in [0.1, 0.15) is 11.9 Å². The van der Waals surface area contributed by atoms with Crippen LogP contribution >= 0.6 is 0 Å². The molecule has 1 rings (SSSR count). The van der Waals surface area contributed by atoms with Gasteiger partial charge in [0.15, 0.2) is 0 Å². The van der Waals surface area contributed by atoms with E-state index < -0.39 is 5.60 Å². The summed E-state index contributed by atoms with van der Waals surface area (Å²) in [5.74, 6) is 0.321. The second-order valence-corrected chi connectivity index (χ2v) is 7.66. The Hall–Kier alpha value is -1.14. The summed E-state index contributed by atoms with van der Waals surface area (Å²) in [6.45, 7) is 14.6. The van der Waals surface area contributed by atoms with Crippen molar-refractivity contribution in [3.8, 4) is 0 Å². The first-order valence-electron chi connectivity index (χ1n) is 8.50. The highest BCUT2D eigenvalue weighted by atomic mass is 16.6. The largest absolute Gasteiger partial charge is 0.444 e. The van der Waals surface area contributed by atoms with Crippen molar-refractivity contribution in [1.82, 2.24) is 14.7 Å². The molecule has 0 aromatic heterocycles. The summed E-state index contributed by atoms with van der Waals surface area (Å²) in [7, 11) is 2.00. The summed E-state index contributed by atoms with van der Waals surface area (Å²) in [6.07, 6.45) is 0.806. The first-order chi connectivity index (χ1) is 10.6. The minimum absolute atomic E-state index is 0.0296. The molecule has 0 N–H and O–H groups in total. The molecule has 0 aromatic rings. The number of carbonyl (C=O) groups excluding carboxylic acids is 2. The summed E-state index contributed by atoms with van der Waals surface area (Å²) in [4.78, 5) is 29.4. The van der Waals surface area contributed by atoms with Gasteiger partial charge in [-0.25, -0.2) is 4.79 Å². The third-order valence-electron chi connectivity index (χ3n) is 4.12. The van der Waals surface area contributed by atoms with Crippen molar-refractivity contribution >= 4 is 12.4 Å². The van der Waals surface area contributed by atoms with E-state index in [0.29, 0.717) is 19.0 Å². The van der Waals surface area contributed by atoms with E-state index in [1.807, 2.05) is 27.8 Å². The van der Waals surface area contributed by atoms with Gasteiger partial charge in [-0.1, -0.05) is 13.8 Å². The van der Waals surface area contributed by atoms with Gasteiger partial charge < -0.3 is 14.4 Å². The zero-order valence-corrected chi connectivity index (χ0v) is 15.5. The van der Waals surface area contributed by atoms with Crippen molar-refractivity contribution in [2.45, 2.75) is 46.3 Å². The van der Waals surface area contributed by atoms with E-state index in [0.717, 1.165) is 32.5 Å². The minimum atomic E-state index is -0.447. The fourth-order valence-electron chi connectivity index (χ4n) is 2.70. The van der Waals surface area contributed by atoms with Crippen molar-refractivity contribution in [3.63, 3.8) is 0 Å². The summed E-state index contributed by atoms with van der Waals surface area (Å²) < 4.78 is 5.40. The molecule has 1 fully saturated rings. The Morgan fingerprint density at radius 2 is 1.78 bits per heavy atom. The molecular weight excluding hydrogens is 294 g/mol. The van der Waals surface area contributed by atoms with E-state index in [1.54, 1.807) is 4.90 Å². The van der Waals surface area contributed by atoms with Crippen LogP contribution < -0.4 is 0 Å². The van der Waals surface area contributed by atoms with Crippen molar-refractivity contribution in [2.24, 2.45) is 5.92 Å². The molecule has 6 heteroatoms. The van der Waals surface area contributed by atoms with Crippen molar-refractivity contribution in [2.75, 3.05) is 46.3 Å². The highest BCUT2D eigenvalue weighted by Gasteiger charge is 2.26. The number of carbonyl (C=O) groups is 2. The van der Waals surface area contributed by atoms with Gasteiger partial charge in [-0.05, 0) is 33.7 Å². The van der Waals surface area contributed by atoms with Crippen LogP contribution in [0.5, 0.6) is 0 Å². The Morgan fingerprint density at radius 3 is 2.22 bits per heavy atom. The van der Waals surface area contributed by atoms with Crippen molar-refractivity contribution in [1.29, 1.82) is 0 Å². The molecule has 0 saturated carbocycles. The molecule has 1 heterocycles. The molecule has 1 aliphatic rings. The number of nitrogens with zero attached hydrogens (tertiary/aromatic N) is 3. The van der Waals surface area contributed by atoms with Gasteiger partial charge in [-0.2, -0.15) is 0 Å². The molecule has 134 valence electrons. The predicted molar refractivity (Wildman–Crippen MR) is 91.6 cm³/mol. The summed E-state index contributed by atoms with van der Waals surface area (Å²) in [5, 5.41) is 0. The molecule has 1 atom stereocenters. The lowest BCUT2D eigenvalue weighted by atomic mass is 10.0. The summed E-state index contributed by atoms with van der Waals surface area (Å²) in [6, 6.07) is -0.0296. The van der Waals surface area contributed by atoms with E-state index >= 15 is 0 Å². The summed E-state index contributed by atoms with van der Waals surface area (Å²) >= 11 is 0. The number of amides is 1. The molecule has 0 bridgehead atoms. The zero-order chi connectivity index (χ0) is 17.6. The summed E-state index contributed by atoms with van der Waals surface area (Å²) in [5.41, 5.74) is -0.447. The Morgan fingerprint density at radius 1 is 1.22 bits per heavy atom. The van der Waals surface area contributed by atoms with Gasteiger partial charge in [0, 0.05) is 39.3 Å². The Balaban J connectivity index is 2.34. The van der Waals surface area contributed by atoms with E-state index in [-0.39, 0.29) is 12.1 Å². The number of rotatable bonds is 6. The van der Waals surface area contributed by atoms with Crippen molar-refractivity contribution < 1.29 is 14.3 Å². The Bertz CT molecular complexity index is 385. The molecular formula is C17H33N3O3. The second-order valence-electron chi connectivity index (χ2n) is 7.66. The van der Waals surface area contributed by atoms with Gasteiger partial charge >= 0.3 is 6.09 Å². The average molecular weight is 327 g/mol. The minimum Gasteiger partial charge on any atom is -0.444 e. The molecule has 0 aromatic carbocycles. The third-order valence-corrected chi connectivity index (χ3v) is 4.12. The number of hydrogen-bond donors (Lipinski definition) is 0. The predicted octanol–water partition coefficient (Wildman–Crippen LogP) is 1.69. The van der Waals surface area contributed by atoms with Crippen LogP contribution in [0, 0.1) is 5.92 Å². The van der Waals surface area contributed by atoms with Crippen LogP contribution in [-0.4, -0.2) is 85.0 Å². The third kappa shape index (κ3) is 6.87. The highest BCUT2D eigenvalue weighted by Crippen LogP contribution is 2.12. The van der Waals surface area contributed by atoms with Gasteiger partial charge in [0.2, 0.25) is 0 Å². The van der Waals surface area contributed by atoms with Crippen LogP contribution in [0.15, 0.2) is 0 Å². The maximum absolute atomic E-state index is 12.0. The van der Waals surface area contributed by atoms with Crippen LogP contribution in [0.4, 0.5) is 4.79 Å². The molecule has 0 aliphatic carbocycles. The molecule has 1 amide bonds. The number of piperazine rings is 1. The lowest BCUT2D eigenvalue weighted by Crippen LogP contribution is -2.51. The topological polar surface area (TPSA) is 53.1 Å². The number of aldehydes is 1. The average Bonchev–Trinajstić information content (AvgIpc) is 2.44. The monoisotopic (exact) mass is 327 g/mol. The standard InChI is InChI=1S/C17H33N3O3/c1-14(2)15(13-21)18(6)7-8-19-9-11-20(12-10-19)16(22)23-17(3,4)5/h13-15H,7-12H2,1-6H3. The van der Waals surface area contributed by atoms with Crippen molar-refractivity contribution in [3.05, 3.63) is 0 Å². The fourth-order valence-corrected chi connectivity index (χ4v) is 2.70. The quantitative estimate of drug-likeness (QED) is 0.695. The van der Waals surface area contributed by atoms with E-state index in [1.165, 1.54) is 0 Å². The smallest absolute Gasteiger partial charge is 0.410 e. The Kier molecular flexibility index (Phi) is 7.48. The van der Waals surface area contributed by atoms with Gasteiger partial charge in [0.05, 0.1) is 6.04 Å². The molecule has 23 heavy (non-hydrogen) atoms. The SMILES string of the molecule is CC(C)C(C=O)N(C)CCN1CCN(C(=O)OC(C)(C)C)CC1. The lowest BCUT2D eigenvalue weighted by Gasteiger charge is -2.36. The van der Waals surface area contributed by atoms with E-state index in [9.17, 15) is 9.59 Å². The van der Waals surface area contributed by atoms with Gasteiger partial charge in [-0.15, -0.1) is 0 Å². The number of ether oxygens (including phenoxy) is 1. The first-order valence-corrected chi connectivity index (χ1v) is 8.50. The van der Waals surface area contributed by atoms with Crippen LogP contribution in [0.25, 0.3) is 0 Å². The molecule has 1 aliphatic heterocycles. The van der Waals surface area contributed by atoms with Gasteiger partial charge in [-0.3, -0.25) is 9.80 Å². The van der Waals surface area contributed by atoms with E-state index in [4.69, 9.17) is 4.74 Å². The zero-order valence-electron chi connectivity index (χ0n) is 15.5. The number of likely N-dealkylation sites (N-methyl/N-ethyl adjacent to an activating group) is 1. The van der Waals surface area contributed by atoms with Crippen LogP contribution in [0.3, 0.4) is 0 Å². The normalized spacial score (nSPS) is 18.3. The van der Waals surface area contributed by atoms with E-state index in [2.05, 4.69) is 23.6 Å². The molecule has 1 saturated heterocycles. The maximum atomic E-state index is 12.0. The second kappa shape index (κ2) is 8.64. The lowest BCUT2D eigenvalue weighted by molar-refractivity contribution is -0.113. The first kappa shape index (κ1) is 19.9. The van der Waals surface area contributed by atoms with Gasteiger partial charge in [0.25, 0.3) is 0 Å². The van der Waals surface area contributed by atoms with Crippen LogP contribution in [0.2, 0.25) is 0 Å². The molecule has 0 spiro atoms. The molecule has 6 nitrogen and oxygen atoms in total. The number of hydrogen-bond acceptors (Lipinski definition) is 5. The Labute approximate surface area is 140 Å². The molecule has 1 unspecified atom stereocenters. The fraction of sp³-hybridized carbons (Fsp3) is 0.882.